The highest BCUT2D eigenvalue weighted by atomic mass is 32.1. The monoisotopic (exact) mass is 504 g/mol. The standard InChI is InChI=1S/C28H12N2S4/c29-13-17-9-19-21-11-27(33-25(21)7-5-23(19)31-17)15-1-2-16(4-3-15)28-12-22-20-10-18(14-30)32-24(20)6-8-26(22)34-28/h1-12H. The molecule has 0 saturated carbocycles. The van der Waals surface area contributed by atoms with Gasteiger partial charge in [0.2, 0.25) is 0 Å². The van der Waals surface area contributed by atoms with E-state index in [0.717, 1.165) is 19.2 Å². The third kappa shape index (κ3) is 3.01. The van der Waals surface area contributed by atoms with E-state index in [1.807, 2.05) is 12.1 Å². The van der Waals surface area contributed by atoms with Crippen molar-refractivity contribution in [3.8, 4) is 33.0 Å². The average molecular weight is 505 g/mol. The summed E-state index contributed by atoms with van der Waals surface area (Å²) in [5.74, 6) is 0. The van der Waals surface area contributed by atoms with Crippen molar-refractivity contribution in [2.45, 2.75) is 0 Å². The van der Waals surface area contributed by atoms with E-state index in [4.69, 9.17) is 0 Å². The summed E-state index contributed by atoms with van der Waals surface area (Å²) >= 11 is 6.69. The second kappa shape index (κ2) is 7.50. The molecule has 0 radical (unpaired) electrons. The zero-order chi connectivity index (χ0) is 22.8. The second-order valence-electron chi connectivity index (χ2n) is 8.02. The number of benzene rings is 3. The summed E-state index contributed by atoms with van der Waals surface area (Å²) in [7, 11) is 0. The van der Waals surface area contributed by atoms with Crippen LogP contribution in [0.2, 0.25) is 0 Å². The van der Waals surface area contributed by atoms with Crippen LogP contribution in [0.15, 0.2) is 72.8 Å². The van der Waals surface area contributed by atoms with Crippen LogP contribution in [0.4, 0.5) is 0 Å². The summed E-state index contributed by atoms with van der Waals surface area (Å²) in [6, 6.07) is 30.4. The highest BCUT2D eigenvalue weighted by molar-refractivity contribution is 7.24. The van der Waals surface area contributed by atoms with Gasteiger partial charge in [-0.3, -0.25) is 0 Å². The maximum atomic E-state index is 9.28. The molecule has 7 rings (SSSR count). The molecule has 4 heterocycles. The van der Waals surface area contributed by atoms with Gasteiger partial charge >= 0.3 is 0 Å². The molecular weight excluding hydrogens is 493 g/mol. The lowest BCUT2D eigenvalue weighted by atomic mass is 10.1. The molecule has 7 aromatic rings. The van der Waals surface area contributed by atoms with Gasteiger partial charge in [-0.05, 0) is 59.7 Å². The molecule has 0 fully saturated rings. The van der Waals surface area contributed by atoms with Crippen molar-refractivity contribution in [2.75, 3.05) is 0 Å². The van der Waals surface area contributed by atoms with Crippen molar-refractivity contribution < 1.29 is 0 Å². The Morgan fingerprint density at radius 2 is 0.794 bits per heavy atom. The molecule has 0 aliphatic carbocycles. The Balaban J connectivity index is 1.29. The van der Waals surface area contributed by atoms with Gasteiger partial charge in [-0.1, -0.05) is 24.3 Å². The first-order valence-electron chi connectivity index (χ1n) is 10.5. The lowest BCUT2D eigenvalue weighted by Gasteiger charge is -2.00. The Hall–Kier alpha value is -3.52. The summed E-state index contributed by atoms with van der Waals surface area (Å²) in [4.78, 5) is 3.98. The Morgan fingerprint density at radius 3 is 1.18 bits per heavy atom. The van der Waals surface area contributed by atoms with Gasteiger partial charge in [-0.25, -0.2) is 0 Å². The Morgan fingerprint density at radius 1 is 0.441 bits per heavy atom. The van der Waals surface area contributed by atoms with E-state index >= 15 is 0 Å². The number of nitriles is 2. The van der Waals surface area contributed by atoms with E-state index in [-0.39, 0.29) is 0 Å². The molecule has 0 unspecified atom stereocenters. The fourth-order valence-electron chi connectivity index (χ4n) is 4.45. The number of thiophene rings is 4. The van der Waals surface area contributed by atoms with Gasteiger partial charge in [0, 0.05) is 50.1 Å². The van der Waals surface area contributed by atoms with Crippen LogP contribution < -0.4 is 0 Å². The van der Waals surface area contributed by atoms with Gasteiger partial charge in [0.25, 0.3) is 0 Å². The Kier molecular flexibility index (Phi) is 4.39. The zero-order valence-corrected chi connectivity index (χ0v) is 20.7. The van der Waals surface area contributed by atoms with E-state index in [1.165, 1.54) is 51.8 Å². The summed E-state index contributed by atoms with van der Waals surface area (Å²) < 4.78 is 4.81. The molecule has 3 aromatic carbocycles. The zero-order valence-electron chi connectivity index (χ0n) is 17.5. The topological polar surface area (TPSA) is 47.6 Å². The molecule has 158 valence electrons. The molecule has 0 bridgehead atoms. The fourth-order valence-corrected chi connectivity index (χ4v) is 8.37. The largest absolute Gasteiger partial charge is 0.192 e. The van der Waals surface area contributed by atoms with E-state index in [1.54, 1.807) is 45.3 Å². The van der Waals surface area contributed by atoms with Crippen molar-refractivity contribution in [1.82, 2.24) is 0 Å². The van der Waals surface area contributed by atoms with Gasteiger partial charge < -0.3 is 0 Å². The number of hydrogen-bond acceptors (Lipinski definition) is 6. The molecule has 34 heavy (non-hydrogen) atoms. The summed E-state index contributed by atoms with van der Waals surface area (Å²) in [6.45, 7) is 0. The van der Waals surface area contributed by atoms with Gasteiger partial charge in [-0.2, -0.15) is 10.5 Å². The predicted octanol–water partition coefficient (Wildman–Crippen LogP) is 9.62. The molecule has 0 aliphatic rings. The molecule has 0 atom stereocenters. The lowest BCUT2D eigenvalue weighted by Crippen LogP contribution is -1.74. The number of hydrogen-bond donors (Lipinski definition) is 0. The van der Waals surface area contributed by atoms with Crippen LogP contribution >= 0.6 is 45.3 Å². The minimum Gasteiger partial charge on any atom is -0.192 e. The predicted molar refractivity (Wildman–Crippen MR) is 148 cm³/mol. The third-order valence-electron chi connectivity index (χ3n) is 6.07. The van der Waals surface area contributed by atoms with Crippen molar-refractivity contribution in [3.63, 3.8) is 0 Å². The molecule has 0 saturated heterocycles. The molecule has 0 amide bonds. The highest BCUT2D eigenvalue weighted by Gasteiger charge is 2.13. The molecule has 2 nitrogen and oxygen atoms in total. The first-order chi connectivity index (χ1) is 16.7. The van der Waals surface area contributed by atoms with Crippen LogP contribution in [-0.2, 0) is 0 Å². The SMILES string of the molecule is N#Cc1cc2c(ccc3sc(-c4ccc(-c5cc6c(ccc7sc(C#N)cc76)s5)cc4)cc32)s1. The highest BCUT2D eigenvalue weighted by Crippen LogP contribution is 2.42. The molecule has 0 aliphatic heterocycles. The first-order valence-corrected chi connectivity index (χ1v) is 13.8. The minimum absolute atomic E-state index is 0.756. The molecule has 4 aromatic heterocycles. The van der Waals surface area contributed by atoms with Crippen LogP contribution in [0.1, 0.15) is 9.75 Å². The fraction of sp³-hybridized carbons (Fsp3) is 0. The Bertz CT molecular complexity index is 1840. The van der Waals surface area contributed by atoms with Gasteiger partial charge in [0.05, 0.1) is 0 Å². The third-order valence-corrected chi connectivity index (χ3v) is 10.4. The molecular formula is C28H12N2S4. The van der Waals surface area contributed by atoms with E-state index in [9.17, 15) is 10.5 Å². The van der Waals surface area contributed by atoms with Gasteiger partial charge in [0.15, 0.2) is 0 Å². The van der Waals surface area contributed by atoms with Crippen LogP contribution in [0.25, 0.3) is 61.2 Å². The van der Waals surface area contributed by atoms with E-state index < -0.39 is 0 Å². The van der Waals surface area contributed by atoms with Crippen LogP contribution in [0.5, 0.6) is 0 Å². The smallest absolute Gasteiger partial charge is 0.110 e. The van der Waals surface area contributed by atoms with Crippen LogP contribution in [-0.4, -0.2) is 0 Å². The van der Waals surface area contributed by atoms with E-state index in [0.29, 0.717) is 0 Å². The normalized spacial score (nSPS) is 11.5. The first kappa shape index (κ1) is 19.9. The number of nitrogens with zero attached hydrogens (tertiary/aromatic N) is 2. The van der Waals surface area contributed by atoms with Gasteiger partial charge in [0.1, 0.15) is 21.9 Å². The molecule has 6 heteroatoms. The van der Waals surface area contributed by atoms with Crippen molar-refractivity contribution >= 4 is 85.7 Å². The quantitative estimate of drug-likeness (QED) is 0.235. The van der Waals surface area contributed by atoms with Gasteiger partial charge in [-0.15, -0.1) is 45.3 Å². The Labute approximate surface area is 210 Å². The summed E-state index contributed by atoms with van der Waals surface area (Å²) in [5.41, 5.74) is 2.41. The molecule has 0 spiro atoms. The summed E-state index contributed by atoms with van der Waals surface area (Å²) in [6.07, 6.45) is 0. The maximum absolute atomic E-state index is 9.28. The maximum Gasteiger partial charge on any atom is 0.110 e. The van der Waals surface area contributed by atoms with Crippen LogP contribution in [0.3, 0.4) is 0 Å². The van der Waals surface area contributed by atoms with Crippen molar-refractivity contribution in [2.24, 2.45) is 0 Å². The number of rotatable bonds is 2. The van der Waals surface area contributed by atoms with Crippen molar-refractivity contribution in [3.05, 3.63) is 82.6 Å². The number of fused-ring (bicyclic) bond motifs is 6. The van der Waals surface area contributed by atoms with Crippen molar-refractivity contribution in [1.29, 1.82) is 10.5 Å². The van der Waals surface area contributed by atoms with Crippen LogP contribution in [0, 0.1) is 22.7 Å². The second-order valence-corrected chi connectivity index (χ2v) is 12.4. The lowest BCUT2D eigenvalue weighted by molar-refractivity contribution is 1.52. The minimum atomic E-state index is 0.756. The molecule has 0 N–H and O–H groups in total. The van der Waals surface area contributed by atoms with E-state index in [2.05, 4.69) is 72.8 Å². The average Bonchev–Trinajstić information content (AvgIpc) is 3.65. The summed E-state index contributed by atoms with van der Waals surface area (Å²) in [5, 5.41) is 23.3.